The third-order valence-corrected chi connectivity index (χ3v) is 3.35. The van der Waals surface area contributed by atoms with Crippen LogP contribution in [0.4, 0.5) is 4.39 Å². The molecule has 1 N–H and O–H groups in total. The van der Waals surface area contributed by atoms with Crippen molar-refractivity contribution >= 4 is 0 Å². The lowest BCUT2D eigenvalue weighted by Gasteiger charge is -2.51. The lowest BCUT2D eigenvalue weighted by atomic mass is 9.58. The zero-order chi connectivity index (χ0) is 9.35. The number of nitrogens with one attached hydrogen (secondary N) is 1. The van der Waals surface area contributed by atoms with Gasteiger partial charge in [-0.05, 0) is 25.3 Å². The molecule has 0 spiro atoms. The van der Waals surface area contributed by atoms with Gasteiger partial charge in [0, 0.05) is 12.5 Å². The first kappa shape index (κ1) is 9.97. The summed E-state index contributed by atoms with van der Waals surface area (Å²) < 4.78 is 14.2. The maximum absolute atomic E-state index is 14.2. The zero-order valence-electron chi connectivity index (χ0n) is 8.52. The molecule has 0 amide bonds. The second kappa shape index (κ2) is 3.33. The summed E-state index contributed by atoms with van der Waals surface area (Å²) in [5.41, 5.74) is -0.914. The Hall–Kier alpha value is -0.110. The highest BCUT2D eigenvalue weighted by molar-refractivity contribution is 5.04. The summed E-state index contributed by atoms with van der Waals surface area (Å²) in [5, 5.41) is 3.06. The SMILES string of the molecule is CNCC1CC(C)C1(F)C(C)C. The van der Waals surface area contributed by atoms with Crippen LogP contribution >= 0.6 is 0 Å². The Kier molecular flexibility index (Phi) is 2.77. The summed E-state index contributed by atoms with van der Waals surface area (Å²) in [6.07, 6.45) is 1.04. The summed E-state index contributed by atoms with van der Waals surface area (Å²) in [5.74, 6) is 0.632. The molecule has 1 rings (SSSR count). The molecular weight excluding hydrogens is 153 g/mol. The molecule has 1 aliphatic rings. The second-order valence-electron chi connectivity index (χ2n) is 4.37. The first-order chi connectivity index (χ1) is 5.53. The Morgan fingerprint density at radius 3 is 2.50 bits per heavy atom. The molecule has 0 aromatic rings. The highest BCUT2D eigenvalue weighted by Gasteiger charge is 2.54. The molecule has 2 heteroatoms. The predicted molar refractivity (Wildman–Crippen MR) is 49.9 cm³/mol. The van der Waals surface area contributed by atoms with Gasteiger partial charge in [0.25, 0.3) is 0 Å². The number of halogens is 1. The molecule has 0 bridgehead atoms. The van der Waals surface area contributed by atoms with E-state index in [9.17, 15) is 4.39 Å². The lowest BCUT2D eigenvalue weighted by Crippen LogP contribution is -2.57. The van der Waals surface area contributed by atoms with Gasteiger partial charge in [0.1, 0.15) is 5.67 Å². The van der Waals surface area contributed by atoms with Crippen molar-refractivity contribution in [2.75, 3.05) is 13.6 Å². The van der Waals surface area contributed by atoms with E-state index in [2.05, 4.69) is 5.32 Å². The molecule has 1 aliphatic carbocycles. The maximum atomic E-state index is 14.2. The van der Waals surface area contributed by atoms with E-state index in [0.29, 0.717) is 0 Å². The fourth-order valence-electron chi connectivity index (χ4n) is 2.56. The summed E-state index contributed by atoms with van der Waals surface area (Å²) >= 11 is 0. The van der Waals surface area contributed by atoms with Crippen molar-refractivity contribution in [2.24, 2.45) is 17.8 Å². The Morgan fingerprint density at radius 1 is 1.58 bits per heavy atom. The molecule has 3 atom stereocenters. The molecule has 0 aliphatic heterocycles. The van der Waals surface area contributed by atoms with Gasteiger partial charge in [0.15, 0.2) is 0 Å². The molecule has 1 saturated carbocycles. The Morgan fingerprint density at radius 2 is 2.17 bits per heavy atom. The number of hydrogen-bond donors (Lipinski definition) is 1. The van der Waals surface area contributed by atoms with E-state index in [4.69, 9.17) is 0 Å². The van der Waals surface area contributed by atoms with Crippen molar-refractivity contribution in [3.05, 3.63) is 0 Å². The lowest BCUT2D eigenvalue weighted by molar-refractivity contribution is -0.108. The van der Waals surface area contributed by atoms with Crippen LogP contribution in [-0.4, -0.2) is 19.3 Å². The molecule has 0 saturated heterocycles. The Labute approximate surface area is 74.7 Å². The number of rotatable bonds is 3. The van der Waals surface area contributed by atoms with Crippen molar-refractivity contribution in [3.63, 3.8) is 0 Å². The quantitative estimate of drug-likeness (QED) is 0.690. The van der Waals surface area contributed by atoms with Gasteiger partial charge >= 0.3 is 0 Å². The molecular formula is C10H20FN. The minimum absolute atomic E-state index is 0.152. The molecule has 1 nitrogen and oxygen atoms in total. The highest BCUT2D eigenvalue weighted by Crippen LogP contribution is 2.51. The monoisotopic (exact) mass is 173 g/mol. The Bertz CT molecular complexity index is 149. The van der Waals surface area contributed by atoms with E-state index in [1.807, 2.05) is 27.8 Å². The zero-order valence-corrected chi connectivity index (χ0v) is 8.52. The Balaban J connectivity index is 2.59. The minimum atomic E-state index is -0.914. The van der Waals surface area contributed by atoms with Gasteiger partial charge in [-0.15, -0.1) is 0 Å². The van der Waals surface area contributed by atoms with E-state index in [1.54, 1.807) is 0 Å². The average molecular weight is 173 g/mol. The topological polar surface area (TPSA) is 12.0 Å². The van der Waals surface area contributed by atoms with Gasteiger partial charge in [-0.2, -0.15) is 0 Å². The van der Waals surface area contributed by atoms with Gasteiger partial charge in [0.2, 0.25) is 0 Å². The molecule has 1 fully saturated rings. The standard InChI is InChI=1S/C10H20FN/c1-7(2)10(11)8(3)5-9(10)6-12-4/h7-9,12H,5-6H2,1-4H3. The van der Waals surface area contributed by atoms with Crippen molar-refractivity contribution in [1.82, 2.24) is 5.32 Å². The fraction of sp³-hybridized carbons (Fsp3) is 1.00. The average Bonchev–Trinajstić information content (AvgIpc) is 2.02. The maximum Gasteiger partial charge on any atom is 0.119 e. The van der Waals surface area contributed by atoms with Crippen molar-refractivity contribution < 1.29 is 4.39 Å². The molecule has 72 valence electrons. The van der Waals surface area contributed by atoms with E-state index in [0.717, 1.165) is 13.0 Å². The van der Waals surface area contributed by atoms with Crippen LogP contribution in [0.25, 0.3) is 0 Å². The fourth-order valence-corrected chi connectivity index (χ4v) is 2.56. The van der Waals surface area contributed by atoms with Crippen LogP contribution in [0.15, 0.2) is 0 Å². The summed E-state index contributed by atoms with van der Waals surface area (Å²) in [4.78, 5) is 0. The van der Waals surface area contributed by atoms with Crippen LogP contribution in [0.2, 0.25) is 0 Å². The largest absolute Gasteiger partial charge is 0.319 e. The highest BCUT2D eigenvalue weighted by atomic mass is 19.1. The van der Waals surface area contributed by atoms with Gasteiger partial charge < -0.3 is 5.32 Å². The van der Waals surface area contributed by atoms with Crippen molar-refractivity contribution in [1.29, 1.82) is 0 Å². The van der Waals surface area contributed by atoms with Crippen LogP contribution in [0.3, 0.4) is 0 Å². The van der Waals surface area contributed by atoms with Crippen LogP contribution in [-0.2, 0) is 0 Å². The van der Waals surface area contributed by atoms with E-state index < -0.39 is 5.67 Å². The third-order valence-electron chi connectivity index (χ3n) is 3.35. The van der Waals surface area contributed by atoms with Gasteiger partial charge in [0.05, 0.1) is 0 Å². The molecule has 0 heterocycles. The van der Waals surface area contributed by atoms with Gasteiger partial charge in [-0.25, -0.2) is 4.39 Å². The second-order valence-corrected chi connectivity index (χ2v) is 4.37. The first-order valence-electron chi connectivity index (χ1n) is 4.87. The van der Waals surface area contributed by atoms with E-state index in [1.165, 1.54) is 0 Å². The summed E-state index contributed by atoms with van der Waals surface area (Å²) in [7, 11) is 1.89. The normalized spacial score (nSPS) is 41.5. The van der Waals surface area contributed by atoms with Gasteiger partial charge in [-0.3, -0.25) is 0 Å². The molecule has 0 radical (unpaired) electrons. The van der Waals surface area contributed by atoms with Gasteiger partial charge in [-0.1, -0.05) is 20.8 Å². The van der Waals surface area contributed by atoms with Crippen LogP contribution in [0.1, 0.15) is 27.2 Å². The molecule has 12 heavy (non-hydrogen) atoms. The van der Waals surface area contributed by atoms with Crippen LogP contribution < -0.4 is 5.32 Å². The summed E-state index contributed by atoms with van der Waals surface area (Å²) in [6.45, 7) is 6.81. The van der Waals surface area contributed by atoms with Crippen LogP contribution in [0.5, 0.6) is 0 Å². The smallest absolute Gasteiger partial charge is 0.119 e. The predicted octanol–water partition coefficient (Wildman–Crippen LogP) is 2.23. The molecule has 0 aromatic heterocycles. The minimum Gasteiger partial charge on any atom is -0.319 e. The number of hydrogen-bond acceptors (Lipinski definition) is 1. The first-order valence-corrected chi connectivity index (χ1v) is 4.87. The molecule has 0 aromatic carbocycles. The van der Waals surface area contributed by atoms with E-state index in [-0.39, 0.29) is 17.8 Å². The van der Waals surface area contributed by atoms with Crippen molar-refractivity contribution in [2.45, 2.75) is 32.9 Å². The number of alkyl halides is 1. The summed E-state index contributed by atoms with van der Waals surface area (Å²) in [6, 6.07) is 0. The van der Waals surface area contributed by atoms with E-state index >= 15 is 0 Å². The van der Waals surface area contributed by atoms with Crippen LogP contribution in [0, 0.1) is 17.8 Å². The molecule has 3 unspecified atom stereocenters. The third kappa shape index (κ3) is 1.26. The van der Waals surface area contributed by atoms with Crippen molar-refractivity contribution in [3.8, 4) is 0 Å².